The van der Waals surface area contributed by atoms with E-state index in [0.717, 1.165) is 11.1 Å². The van der Waals surface area contributed by atoms with Gasteiger partial charge < -0.3 is 15.8 Å². The number of aryl methyl sites for hydroxylation is 1. The highest BCUT2D eigenvalue weighted by Gasteiger charge is 2.31. The Balaban J connectivity index is 1.91. The highest BCUT2D eigenvalue weighted by Crippen LogP contribution is 2.28. The molecular formula is C21H24FN3O3. The number of carbonyl (C=O) groups excluding carboxylic acids is 1. The number of cyclic esters (lactones) is 1. The maximum Gasteiger partial charge on any atom is 0.414 e. The van der Waals surface area contributed by atoms with Crippen LogP contribution in [0.5, 0.6) is 0 Å². The van der Waals surface area contributed by atoms with Crippen LogP contribution in [0.25, 0.3) is 0 Å². The Morgan fingerprint density at radius 1 is 1.21 bits per heavy atom. The van der Waals surface area contributed by atoms with Crippen molar-refractivity contribution in [3.63, 3.8) is 0 Å². The number of hydrogen-bond donors (Lipinski definition) is 2. The maximum absolute atomic E-state index is 14.7. The molecule has 1 atom stereocenters. The average Bonchev–Trinajstić information content (AvgIpc) is 2.97. The van der Waals surface area contributed by atoms with Gasteiger partial charge in [0.05, 0.1) is 23.6 Å². The van der Waals surface area contributed by atoms with Crippen LogP contribution >= 0.6 is 0 Å². The summed E-state index contributed by atoms with van der Waals surface area (Å²) < 4.78 is 19.8. The molecule has 0 bridgehead atoms. The zero-order valence-corrected chi connectivity index (χ0v) is 16.2. The molecule has 0 unspecified atom stereocenters. The van der Waals surface area contributed by atoms with Crippen molar-refractivity contribution in [3.05, 3.63) is 63.6 Å². The van der Waals surface area contributed by atoms with E-state index in [0.29, 0.717) is 11.4 Å². The third-order valence-electron chi connectivity index (χ3n) is 4.80. The highest BCUT2D eigenvalue weighted by atomic mass is 19.1. The van der Waals surface area contributed by atoms with Gasteiger partial charge in [-0.2, -0.15) is 0 Å². The summed E-state index contributed by atoms with van der Waals surface area (Å²) in [6, 6.07) is 9.36. The number of ether oxygens (including phenoxy) is 1. The minimum Gasteiger partial charge on any atom is -0.443 e. The molecule has 1 aliphatic rings. The normalized spacial score (nSPS) is 16.4. The molecule has 0 spiro atoms. The first-order chi connectivity index (χ1) is 13.3. The van der Waals surface area contributed by atoms with Crippen molar-refractivity contribution in [2.45, 2.75) is 32.8 Å². The first-order valence-electron chi connectivity index (χ1n) is 9.19. The zero-order chi connectivity index (χ0) is 20.4. The van der Waals surface area contributed by atoms with Crippen LogP contribution in [0.4, 0.5) is 26.2 Å². The SMILES string of the molecule is Cc1ccc(=O)c(Nc2ccc(N3C[C@H](CN)OC3=O)cc2F)cc1C(C)C. The number of anilines is 3. The molecule has 6 nitrogen and oxygen atoms in total. The molecule has 1 saturated heterocycles. The van der Waals surface area contributed by atoms with E-state index in [2.05, 4.69) is 5.32 Å². The fourth-order valence-electron chi connectivity index (χ4n) is 3.22. The number of halogens is 1. The summed E-state index contributed by atoms with van der Waals surface area (Å²) in [6.07, 6.45) is -0.956. The van der Waals surface area contributed by atoms with Crippen LogP contribution in [0.1, 0.15) is 30.9 Å². The molecule has 148 valence electrons. The molecule has 0 saturated carbocycles. The van der Waals surface area contributed by atoms with E-state index in [9.17, 15) is 14.0 Å². The number of rotatable bonds is 5. The van der Waals surface area contributed by atoms with Gasteiger partial charge >= 0.3 is 6.09 Å². The maximum atomic E-state index is 14.7. The Labute approximate surface area is 163 Å². The lowest BCUT2D eigenvalue weighted by molar-refractivity contribution is 0.145. The van der Waals surface area contributed by atoms with E-state index in [1.807, 2.05) is 20.8 Å². The second kappa shape index (κ2) is 7.98. The molecule has 1 heterocycles. The summed E-state index contributed by atoms with van der Waals surface area (Å²) in [5.41, 5.74) is 8.14. The van der Waals surface area contributed by atoms with Gasteiger partial charge in [-0.25, -0.2) is 9.18 Å². The molecule has 28 heavy (non-hydrogen) atoms. The van der Waals surface area contributed by atoms with E-state index in [1.165, 1.54) is 23.1 Å². The second-order valence-corrected chi connectivity index (χ2v) is 7.19. The van der Waals surface area contributed by atoms with E-state index in [-0.39, 0.29) is 30.1 Å². The van der Waals surface area contributed by atoms with Crippen molar-refractivity contribution in [1.29, 1.82) is 0 Å². The molecule has 0 radical (unpaired) electrons. The Morgan fingerprint density at radius 2 is 1.96 bits per heavy atom. The Bertz CT molecular complexity index is 962. The van der Waals surface area contributed by atoms with Crippen molar-refractivity contribution in [2.75, 3.05) is 23.3 Å². The lowest BCUT2D eigenvalue weighted by Gasteiger charge is -2.15. The second-order valence-electron chi connectivity index (χ2n) is 7.19. The van der Waals surface area contributed by atoms with Crippen LogP contribution in [0.2, 0.25) is 0 Å². The highest BCUT2D eigenvalue weighted by molar-refractivity contribution is 5.90. The van der Waals surface area contributed by atoms with Crippen LogP contribution in [0, 0.1) is 12.7 Å². The number of nitrogens with two attached hydrogens (primary N) is 1. The molecular weight excluding hydrogens is 361 g/mol. The van der Waals surface area contributed by atoms with E-state index in [4.69, 9.17) is 10.5 Å². The van der Waals surface area contributed by atoms with E-state index < -0.39 is 18.0 Å². The van der Waals surface area contributed by atoms with Gasteiger partial charge in [0, 0.05) is 6.54 Å². The molecule has 1 amide bonds. The van der Waals surface area contributed by atoms with Gasteiger partial charge in [-0.15, -0.1) is 0 Å². The third kappa shape index (κ3) is 3.99. The van der Waals surface area contributed by atoms with Crippen LogP contribution in [0.3, 0.4) is 0 Å². The molecule has 0 aromatic heterocycles. The number of nitrogens with one attached hydrogen (secondary N) is 1. The zero-order valence-electron chi connectivity index (χ0n) is 16.2. The number of hydrogen-bond acceptors (Lipinski definition) is 5. The fraction of sp³-hybridized carbons (Fsp3) is 0.333. The molecule has 3 rings (SSSR count). The number of amides is 1. The predicted molar refractivity (Wildman–Crippen MR) is 108 cm³/mol. The molecule has 3 N–H and O–H groups in total. The van der Waals surface area contributed by atoms with Gasteiger partial charge in [-0.1, -0.05) is 19.9 Å². The van der Waals surface area contributed by atoms with Crippen molar-refractivity contribution < 1.29 is 13.9 Å². The van der Waals surface area contributed by atoms with Crippen LogP contribution in [-0.2, 0) is 4.74 Å². The molecule has 7 heteroatoms. The van der Waals surface area contributed by atoms with Gasteiger partial charge in [0.25, 0.3) is 0 Å². The van der Waals surface area contributed by atoms with Crippen LogP contribution in [0.15, 0.2) is 41.2 Å². The largest absolute Gasteiger partial charge is 0.443 e. The summed E-state index contributed by atoms with van der Waals surface area (Å²) in [6.45, 7) is 6.50. The monoisotopic (exact) mass is 385 g/mol. The van der Waals surface area contributed by atoms with Crippen LogP contribution < -0.4 is 21.4 Å². The summed E-state index contributed by atoms with van der Waals surface area (Å²) in [5.74, 6) is -0.355. The van der Waals surface area contributed by atoms with E-state index >= 15 is 0 Å². The van der Waals surface area contributed by atoms with Gasteiger partial charge in [-0.3, -0.25) is 9.69 Å². The van der Waals surface area contributed by atoms with Crippen LogP contribution in [-0.4, -0.2) is 25.3 Å². The Hall–Kier alpha value is -2.93. The van der Waals surface area contributed by atoms with Gasteiger partial charge in [-0.05, 0) is 54.3 Å². The van der Waals surface area contributed by atoms with E-state index in [1.54, 1.807) is 18.2 Å². The van der Waals surface area contributed by atoms with Crippen molar-refractivity contribution in [2.24, 2.45) is 5.73 Å². The summed E-state index contributed by atoms with van der Waals surface area (Å²) in [5, 5.41) is 2.89. The summed E-state index contributed by atoms with van der Waals surface area (Å²) in [4.78, 5) is 25.6. The quantitative estimate of drug-likeness (QED) is 0.821. The number of nitrogens with zero attached hydrogens (tertiary/aromatic N) is 1. The number of benzene rings is 1. The molecule has 2 aromatic carbocycles. The van der Waals surface area contributed by atoms with Crippen molar-refractivity contribution in [1.82, 2.24) is 0 Å². The molecule has 1 aliphatic heterocycles. The molecule has 0 aliphatic carbocycles. The average molecular weight is 385 g/mol. The first-order valence-corrected chi connectivity index (χ1v) is 9.19. The molecule has 2 aromatic rings. The predicted octanol–water partition coefficient (Wildman–Crippen LogP) is 3.65. The topological polar surface area (TPSA) is 84.7 Å². The standard InChI is InChI=1S/C21H24FN3O3/c1-12(2)16-9-19(20(26)7-4-13(16)3)24-18-6-5-14(8-17(18)22)25-11-15(10-23)28-21(25)27/h4-9,12,15H,10-11,23H2,1-3H3,(H,24,26)/t15-/m0/s1. The minimum absolute atomic E-state index is 0.155. The molecule has 1 fully saturated rings. The van der Waals surface area contributed by atoms with Crippen molar-refractivity contribution >= 4 is 23.2 Å². The number of carbonyl (C=O) groups is 1. The summed E-state index contributed by atoms with van der Waals surface area (Å²) in [7, 11) is 0. The third-order valence-corrected chi connectivity index (χ3v) is 4.80. The van der Waals surface area contributed by atoms with Crippen molar-refractivity contribution in [3.8, 4) is 0 Å². The lowest BCUT2D eigenvalue weighted by Crippen LogP contribution is -2.27. The first kappa shape index (κ1) is 19.8. The lowest BCUT2D eigenvalue weighted by atomic mass is 10.0. The smallest absolute Gasteiger partial charge is 0.414 e. The Kier molecular flexibility index (Phi) is 5.65. The minimum atomic E-state index is -0.574. The fourth-order valence-corrected chi connectivity index (χ4v) is 3.22. The van der Waals surface area contributed by atoms with Gasteiger partial charge in [0.15, 0.2) is 0 Å². The van der Waals surface area contributed by atoms with Gasteiger partial charge in [0.1, 0.15) is 11.9 Å². The summed E-state index contributed by atoms with van der Waals surface area (Å²) >= 11 is 0. The Morgan fingerprint density at radius 3 is 2.57 bits per heavy atom. The van der Waals surface area contributed by atoms with Gasteiger partial charge in [0.2, 0.25) is 5.43 Å².